The molecule has 0 bridgehead atoms. The van der Waals surface area contributed by atoms with Gasteiger partial charge in [-0.15, -0.1) is 0 Å². The minimum absolute atomic E-state index is 0.0538. The Kier molecular flexibility index (Phi) is 7.33. The number of amides is 2. The molecule has 6 heteroatoms. The fourth-order valence-corrected chi connectivity index (χ4v) is 5.35. The molecule has 2 aromatic rings. The summed E-state index contributed by atoms with van der Waals surface area (Å²) in [6, 6.07) is 16.0. The molecule has 1 saturated carbocycles. The number of ether oxygens (including phenoxy) is 1. The number of hydrogen-bond acceptors (Lipinski definition) is 4. The summed E-state index contributed by atoms with van der Waals surface area (Å²) in [4.78, 5) is 27.4. The van der Waals surface area contributed by atoms with Crippen LogP contribution >= 0.6 is 0 Å². The van der Waals surface area contributed by atoms with Crippen LogP contribution in [-0.2, 0) is 21.5 Å². The van der Waals surface area contributed by atoms with E-state index in [4.69, 9.17) is 10.5 Å². The van der Waals surface area contributed by atoms with Crippen molar-refractivity contribution < 1.29 is 14.3 Å². The minimum atomic E-state index is -0.499. The third-order valence-electron chi connectivity index (χ3n) is 7.31. The molecular formula is C27H35N3O3. The summed E-state index contributed by atoms with van der Waals surface area (Å²) in [6.07, 6.45) is 6.88. The summed E-state index contributed by atoms with van der Waals surface area (Å²) in [5.41, 5.74) is 8.05. The maximum Gasteiger partial charge on any atom is 0.235 e. The highest BCUT2D eigenvalue weighted by Gasteiger charge is 2.41. The summed E-state index contributed by atoms with van der Waals surface area (Å²) in [5, 5.41) is 3.19. The number of rotatable bonds is 7. The van der Waals surface area contributed by atoms with Crippen molar-refractivity contribution in [2.75, 3.05) is 25.5 Å². The second kappa shape index (κ2) is 10.4. The molecule has 176 valence electrons. The van der Waals surface area contributed by atoms with E-state index < -0.39 is 5.41 Å². The molecule has 33 heavy (non-hydrogen) atoms. The summed E-state index contributed by atoms with van der Waals surface area (Å²) >= 11 is 0. The molecule has 0 spiro atoms. The van der Waals surface area contributed by atoms with Gasteiger partial charge in [0.2, 0.25) is 11.8 Å². The Hall–Kier alpha value is -2.86. The van der Waals surface area contributed by atoms with Crippen molar-refractivity contribution in [1.29, 1.82) is 0 Å². The Morgan fingerprint density at radius 1 is 1.03 bits per heavy atom. The van der Waals surface area contributed by atoms with Gasteiger partial charge in [0.25, 0.3) is 0 Å². The first-order chi connectivity index (χ1) is 16.0. The van der Waals surface area contributed by atoms with E-state index in [2.05, 4.69) is 22.3 Å². The molecule has 1 aliphatic carbocycles. The lowest BCUT2D eigenvalue weighted by Gasteiger charge is -2.36. The average molecular weight is 450 g/mol. The zero-order valence-corrected chi connectivity index (χ0v) is 19.5. The van der Waals surface area contributed by atoms with E-state index in [0.717, 1.165) is 75.2 Å². The van der Waals surface area contributed by atoms with Gasteiger partial charge in [-0.05, 0) is 67.6 Å². The zero-order valence-electron chi connectivity index (χ0n) is 19.5. The predicted molar refractivity (Wildman–Crippen MR) is 130 cm³/mol. The van der Waals surface area contributed by atoms with Gasteiger partial charge < -0.3 is 15.8 Å². The van der Waals surface area contributed by atoms with Crippen LogP contribution in [0.1, 0.15) is 56.1 Å². The molecule has 1 heterocycles. The number of nitrogens with zero attached hydrogens (tertiary/aromatic N) is 1. The first-order valence-corrected chi connectivity index (χ1v) is 12.1. The van der Waals surface area contributed by atoms with E-state index in [0.29, 0.717) is 0 Å². The molecule has 6 nitrogen and oxygen atoms in total. The third kappa shape index (κ3) is 5.38. The fourth-order valence-electron chi connectivity index (χ4n) is 5.35. The lowest BCUT2D eigenvalue weighted by Crippen LogP contribution is -2.42. The number of methoxy groups -OCH3 is 1. The van der Waals surface area contributed by atoms with Gasteiger partial charge in [0, 0.05) is 18.8 Å². The Balaban J connectivity index is 1.43. The number of hydrogen-bond donors (Lipinski definition) is 2. The normalized spacial score (nSPS) is 20.7. The van der Waals surface area contributed by atoms with Gasteiger partial charge in [-0.1, -0.05) is 43.5 Å². The van der Waals surface area contributed by atoms with Crippen molar-refractivity contribution in [1.82, 2.24) is 4.90 Å². The number of carbonyl (C=O) groups is 2. The van der Waals surface area contributed by atoms with Crippen molar-refractivity contribution in [3.8, 4) is 5.75 Å². The first kappa shape index (κ1) is 23.3. The minimum Gasteiger partial charge on any atom is -0.497 e. The van der Waals surface area contributed by atoms with E-state index in [1.165, 1.54) is 12.0 Å². The summed E-state index contributed by atoms with van der Waals surface area (Å²) in [7, 11) is 1.66. The van der Waals surface area contributed by atoms with Gasteiger partial charge in [0.05, 0.1) is 18.4 Å². The van der Waals surface area contributed by atoms with E-state index in [1.807, 2.05) is 36.4 Å². The van der Waals surface area contributed by atoms with Gasteiger partial charge in [0.1, 0.15) is 5.75 Å². The van der Waals surface area contributed by atoms with E-state index in [-0.39, 0.29) is 17.7 Å². The SMILES string of the molecule is COc1ccc(C2(C(=O)Nc3ccc(CN4CCCC(C(N)=O)C4)cc3)CCCCC2)cc1. The molecule has 2 fully saturated rings. The van der Waals surface area contributed by atoms with Crippen molar-refractivity contribution in [2.24, 2.45) is 11.7 Å². The van der Waals surface area contributed by atoms with Gasteiger partial charge >= 0.3 is 0 Å². The maximum absolute atomic E-state index is 13.6. The maximum atomic E-state index is 13.6. The second-order valence-corrected chi connectivity index (χ2v) is 9.50. The topological polar surface area (TPSA) is 84.7 Å². The van der Waals surface area contributed by atoms with Gasteiger partial charge in [-0.25, -0.2) is 0 Å². The molecule has 3 N–H and O–H groups in total. The number of likely N-dealkylation sites (tertiary alicyclic amines) is 1. The quantitative estimate of drug-likeness (QED) is 0.662. The monoisotopic (exact) mass is 449 g/mol. The Labute approximate surface area is 196 Å². The predicted octanol–water partition coefficient (Wildman–Crippen LogP) is 4.23. The summed E-state index contributed by atoms with van der Waals surface area (Å²) < 4.78 is 5.30. The number of nitrogens with one attached hydrogen (secondary N) is 1. The molecule has 1 unspecified atom stereocenters. The fraction of sp³-hybridized carbons (Fsp3) is 0.481. The lowest BCUT2D eigenvalue weighted by molar-refractivity contribution is -0.124. The highest BCUT2D eigenvalue weighted by molar-refractivity contribution is 5.99. The molecule has 1 saturated heterocycles. The first-order valence-electron chi connectivity index (χ1n) is 12.1. The van der Waals surface area contributed by atoms with Gasteiger partial charge in [-0.3, -0.25) is 14.5 Å². The van der Waals surface area contributed by atoms with Crippen LogP contribution in [0.4, 0.5) is 5.69 Å². The molecule has 0 aromatic heterocycles. The van der Waals surface area contributed by atoms with Crippen LogP contribution in [0.5, 0.6) is 5.75 Å². The number of nitrogens with two attached hydrogens (primary N) is 1. The molecule has 4 rings (SSSR count). The molecule has 0 radical (unpaired) electrons. The molecule has 2 aromatic carbocycles. The van der Waals surface area contributed by atoms with Gasteiger partial charge in [-0.2, -0.15) is 0 Å². The van der Waals surface area contributed by atoms with Crippen LogP contribution < -0.4 is 15.8 Å². The molecule has 1 atom stereocenters. The lowest BCUT2D eigenvalue weighted by atomic mass is 9.68. The van der Waals surface area contributed by atoms with Crippen LogP contribution in [0.3, 0.4) is 0 Å². The number of primary amides is 1. The third-order valence-corrected chi connectivity index (χ3v) is 7.31. The zero-order chi connectivity index (χ0) is 23.3. The van der Waals surface area contributed by atoms with Crippen molar-refractivity contribution >= 4 is 17.5 Å². The summed E-state index contributed by atoms with van der Waals surface area (Å²) in [6.45, 7) is 2.48. The number of benzene rings is 2. The Morgan fingerprint density at radius 3 is 2.36 bits per heavy atom. The van der Waals surface area contributed by atoms with Crippen LogP contribution in [0.15, 0.2) is 48.5 Å². The van der Waals surface area contributed by atoms with Crippen LogP contribution in [-0.4, -0.2) is 36.9 Å². The van der Waals surface area contributed by atoms with E-state index >= 15 is 0 Å². The molecule has 1 aliphatic heterocycles. The largest absolute Gasteiger partial charge is 0.497 e. The van der Waals surface area contributed by atoms with Crippen LogP contribution in [0, 0.1) is 5.92 Å². The number of carbonyl (C=O) groups excluding carboxylic acids is 2. The second-order valence-electron chi connectivity index (χ2n) is 9.50. The Morgan fingerprint density at radius 2 is 1.73 bits per heavy atom. The van der Waals surface area contributed by atoms with Crippen molar-refractivity contribution in [3.05, 3.63) is 59.7 Å². The highest BCUT2D eigenvalue weighted by Crippen LogP contribution is 2.41. The highest BCUT2D eigenvalue weighted by atomic mass is 16.5. The van der Waals surface area contributed by atoms with Crippen LogP contribution in [0.25, 0.3) is 0 Å². The molecule has 2 aliphatic rings. The standard InChI is InChI=1S/C27H35N3O3/c1-33-24-13-9-22(10-14-24)27(15-3-2-4-16-27)26(32)29-23-11-7-20(8-12-23)18-30-17-5-6-21(19-30)25(28)31/h7-14,21H,2-6,15-19H2,1H3,(H2,28,31)(H,29,32). The van der Waals surface area contributed by atoms with E-state index in [9.17, 15) is 9.59 Å². The van der Waals surface area contributed by atoms with Crippen molar-refractivity contribution in [2.45, 2.75) is 56.9 Å². The van der Waals surface area contributed by atoms with Gasteiger partial charge in [0.15, 0.2) is 0 Å². The average Bonchev–Trinajstić information content (AvgIpc) is 2.86. The van der Waals surface area contributed by atoms with Crippen LogP contribution in [0.2, 0.25) is 0 Å². The summed E-state index contributed by atoms with van der Waals surface area (Å²) in [5.74, 6) is 0.616. The van der Waals surface area contributed by atoms with Crippen molar-refractivity contribution in [3.63, 3.8) is 0 Å². The molecular weight excluding hydrogens is 414 g/mol. The molecule has 2 amide bonds. The number of anilines is 1. The smallest absolute Gasteiger partial charge is 0.235 e. The Bertz CT molecular complexity index is 950. The van der Waals surface area contributed by atoms with E-state index in [1.54, 1.807) is 7.11 Å². The number of piperidine rings is 1.